The number of fused-ring (bicyclic) bond motifs is 3. The number of alkyl halides is 3. The minimum atomic E-state index is -5.08. The molecular weight excluding hydrogens is 357 g/mol. The molecule has 0 saturated carbocycles. The fourth-order valence-electron chi connectivity index (χ4n) is 3.76. The Morgan fingerprint density at radius 2 is 1.48 bits per heavy atom. The van der Waals surface area contributed by atoms with Crippen LogP contribution in [0.3, 0.4) is 0 Å². The van der Waals surface area contributed by atoms with Crippen molar-refractivity contribution < 1.29 is 23.1 Å². The van der Waals surface area contributed by atoms with E-state index in [0.717, 1.165) is 13.1 Å². The molecule has 0 bridgehead atoms. The topological polar surface area (TPSA) is 66.6 Å². The van der Waals surface area contributed by atoms with Crippen LogP contribution in [0.2, 0.25) is 0 Å². The van der Waals surface area contributed by atoms with Crippen molar-refractivity contribution in [1.82, 2.24) is 4.90 Å². The van der Waals surface area contributed by atoms with Crippen LogP contribution in [-0.2, 0) is 4.79 Å². The lowest BCUT2D eigenvalue weighted by atomic mass is 10.0. The second-order valence-corrected chi connectivity index (χ2v) is 6.97. The molecule has 2 unspecified atom stereocenters. The Morgan fingerprint density at radius 1 is 1.04 bits per heavy atom. The van der Waals surface area contributed by atoms with E-state index in [1.807, 2.05) is 0 Å². The molecule has 2 aliphatic rings. The summed E-state index contributed by atoms with van der Waals surface area (Å²) < 4.78 is 31.7. The van der Waals surface area contributed by atoms with Crippen LogP contribution in [0.4, 0.5) is 13.2 Å². The van der Waals surface area contributed by atoms with E-state index >= 15 is 0 Å². The van der Waals surface area contributed by atoms with Gasteiger partial charge in [-0.25, -0.2) is 4.79 Å². The van der Waals surface area contributed by atoms with E-state index in [1.54, 1.807) is 0 Å². The van der Waals surface area contributed by atoms with Crippen molar-refractivity contribution in [2.24, 2.45) is 11.7 Å². The zero-order chi connectivity index (χ0) is 19.8. The zero-order valence-electron chi connectivity index (χ0n) is 14.8. The normalized spacial score (nSPS) is 22.0. The third kappa shape index (κ3) is 3.84. The minimum Gasteiger partial charge on any atom is -0.475 e. The minimum absolute atomic E-state index is 0.301. The summed E-state index contributed by atoms with van der Waals surface area (Å²) in [6, 6.07) is 18.3. The molecule has 7 heteroatoms. The SMILES string of the molecule is CC1CN(C2c3ccccc3-c3ccccc32)CC1N.O=C(O)C(F)(F)F. The van der Waals surface area contributed by atoms with E-state index in [9.17, 15) is 13.2 Å². The van der Waals surface area contributed by atoms with Gasteiger partial charge in [0.25, 0.3) is 0 Å². The van der Waals surface area contributed by atoms with Crippen LogP contribution in [0.1, 0.15) is 24.1 Å². The van der Waals surface area contributed by atoms with E-state index in [4.69, 9.17) is 15.6 Å². The maximum atomic E-state index is 10.6. The van der Waals surface area contributed by atoms with Crippen LogP contribution < -0.4 is 5.73 Å². The molecule has 3 N–H and O–H groups in total. The first-order valence-corrected chi connectivity index (χ1v) is 8.68. The highest BCUT2D eigenvalue weighted by molar-refractivity contribution is 5.78. The lowest BCUT2D eigenvalue weighted by molar-refractivity contribution is -0.192. The van der Waals surface area contributed by atoms with Crippen LogP contribution in [0, 0.1) is 5.92 Å². The molecule has 1 aliphatic carbocycles. The number of rotatable bonds is 1. The Bertz CT molecular complexity index is 782. The summed E-state index contributed by atoms with van der Waals surface area (Å²) in [4.78, 5) is 11.5. The quantitative estimate of drug-likeness (QED) is 0.795. The molecule has 1 saturated heterocycles. The van der Waals surface area contributed by atoms with Gasteiger partial charge in [-0.1, -0.05) is 55.5 Å². The molecule has 1 aliphatic heterocycles. The highest BCUT2D eigenvalue weighted by Gasteiger charge is 2.38. The van der Waals surface area contributed by atoms with Gasteiger partial charge in [0.05, 0.1) is 6.04 Å². The van der Waals surface area contributed by atoms with Gasteiger partial charge in [0.2, 0.25) is 0 Å². The predicted molar refractivity (Wildman–Crippen MR) is 96.1 cm³/mol. The summed E-state index contributed by atoms with van der Waals surface area (Å²) in [5.74, 6) is -2.18. The van der Waals surface area contributed by atoms with Crippen LogP contribution in [0.15, 0.2) is 48.5 Å². The van der Waals surface area contributed by atoms with Crippen LogP contribution in [-0.4, -0.2) is 41.3 Å². The summed E-state index contributed by atoms with van der Waals surface area (Å²) >= 11 is 0. The number of likely N-dealkylation sites (tertiary alicyclic amines) is 1. The molecule has 27 heavy (non-hydrogen) atoms. The average Bonchev–Trinajstić information content (AvgIpc) is 3.12. The van der Waals surface area contributed by atoms with Crippen LogP contribution in [0.5, 0.6) is 0 Å². The number of halogens is 3. The average molecular weight is 378 g/mol. The van der Waals surface area contributed by atoms with Gasteiger partial charge in [-0.3, -0.25) is 4.90 Å². The Kier molecular flexibility index (Phi) is 5.26. The van der Waals surface area contributed by atoms with Crippen molar-refractivity contribution in [3.05, 3.63) is 59.7 Å². The van der Waals surface area contributed by atoms with Gasteiger partial charge in [0.1, 0.15) is 0 Å². The van der Waals surface area contributed by atoms with Gasteiger partial charge in [-0.15, -0.1) is 0 Å². The molecule has 4 nitrogen and oxygen atoms in total. The molecule has 144 valence electrons. The Hall–Kier alpha value is -2.38. The third-order valence-electron chi connectivity index (χ3n) is 5.11. The van der Waals surface area contributed by atoms with Crippen molar-refractivity contribution >= 4 is 5.97 Å². The first-order valence-electron chi connectivity index (χ1n) is 8.68. The van der Waals surface area contributed by atoms with Gasteiger partial charge in [0, 0.05) is 19.1 Å². The van der Waals surface area contributed by atoms with Crippen LogP contribution >= 0.6 is 0 Å². The number of benzene rings is 2. The summed E-state index contributed by atoms with van der Waals surface area (Å²) in [5, 5.41) is 7.12. The van der Waals surface area contributed by atoms with Crippen molar-refractivity contribution in [2.75, 3.05) is 13.1 Å². The van der Waals surface area contributed by atoms with E-state index in [2.05, 4.69) is 60.4 Å². The highest BCUT2D eigenvalue weighted by atomic mass is 19.4. The van der Waals surface area contributed by atoms with E-state index in [-0.39, 0.29) is 0 Å². The van der Waals surface area contributed by atoms with Gasteiger partial charge in [-0.05, 0) is 28.2 Å². The first kappa shape index (κ1) is 19.4. The number of nitrogens with two attached hydrogens (primary N) is 1. The number of hydrogen-bond donors (Lipinski definition) is 2. The van der Waals surface area contributed by atoms with E-state index < -0.39 is 12.1 Å². The van der Waals surface area contributed by atoms with Crippen molar-refractivity contribution in [3.8, 4) is 11.1 Å². The molecule has 0 spiro atoms. The second kappa shape index (κ2) is 7.32. The molecular formula is C20H21F3N2O2. The van der Waals surface area contributed by atoms with Crippen molar-refractivity contribution in [1.29, 1.82) is 0 Å². The number of carboxylic acid groups (broad SMARTS) is 1. The number of hydrogen-bond acceptors (Lipinski definition) is 3. The van der Waals surface area contributed by atoms with Crippen LogP contribution in [0.25, 0.3) is 11.1 Å². The van der Waals surface area contributed by atoms with Crippen molar-refractivity contribution in [3.63, 3.8) is 0 Å². The fraction of sp³-hybridized carbons (Fsp3) is 0.350. The van der Waals surface area contributed by atoms with Gasteiger partial charge in [0.15, 0.2) is 0 Å². The second-order valence-electron chi connectivity index (χ2n) is 6.97. The lowest BCUT2D eigenvalue weighted by Gasteiger charge is -2.26. The Labute approximate surface area is 155 Å². The van der Waals surface area contributed by atoms with Gasteiger partial charge < -0.3 is 10.8 Å². The number of nitrogens with zero attached hydrogens (tertiary/aromatic N) is 1. The van der Waals surface area contributed by atoms with Gasteiger partial charge >= 0.3 is 12.1 Å². The molecule has 4 rings (SSSR count). The maximum Gasteiger partial charge on any atom is 0.490 e. The molecule has 2 aromatic carbocycles. The fourth-order valence-corrected chi connectivity index (χ4v) is 3.76. The number of carboxylic acids is 1. The third-order valence-corrected chi connectivity index (χ3v) is 5.11. The Morgan fingerprint density at radius 3 is 1.85 bits per heavy atom. The Balaban J connectivity index is 0.000000260. The summed E-state index contributed by atoms with van der Waals surface area (Å²) in [5.41, 5.74) is 11.9. The smallest absolute Gasteiger partial charge is 0.475 e. The largest absolute Gasteiger partial charge is 0.490 e. The molecule has 1 fully saturated rings. The number of carbonyl (C=O) groups is 1. The summed E-state index contributed by atoms with van der Waals surface area (Å²) in [6.07, 6.45) is -5.08. The van der Waals surface area contributed by atoms with Gasteiger partial charge in [-0.2, -0.15) is 13.2 Å². The maximum absolute atomic E-state index is 10.6. The van der Waals surface area contributed by atoms with E-state index in [1.165, 1.54) is 22.3 Å². The summed E-state index contributed by atoms with van der Waals surface area (Å²) in [6.45, 7) is 4.35. The standard InChI is InChI=1S/C18H20N2.C2HF3O2/c1-12-10-20(11-17(12)19)18-15-8-4-2-6-13(15)14-7-3-5-9-16(14)18;3-2(4,5)1(6)7/h2-9,12,17-18H,10-11,19H2,1H3;(H,6,7). The lowest BCUT2D eigenvalue weighted by Crippen LogP contribution is -2.30. The molecule has 2 atom stereocenters. The zero-order valence-corrected chi connectivity index (χ0v) is 14.8. The van der Waals surface area contributed by atoms with E-state index in [0.29, 0.717) is 18.0 Å². The molecule has 1 heterocycles. The molecule has 0 radical (unpaired) electrons. The molecule has 2 aromatic rings. The number of aliphatic carboxylic acids is 1. The van der Waals surface area contributed by atoms with Crippen molar-refractivity contribution in [2.45, 2.75) is 25.2 Å². The summed E-state index contributed by atoms with van der Waals surface area (Å²) in [7, 11) is 0. The highest BCUT2D eigenvalue weighted by Crippen LogP contribution is 2.47. The predicted octanol–water partition coefficient (Wildman–Crippen LogP) is 3.67. The molecule has 0 amide bonds. The first-order chi connectivity index (χ1) is 12.7. The monoisotopic (exact) mass is 378 g/mol. The molecule has 0 aromatic heterocycles.